The summed E-state index contributed by atoms with van der Waals surface area (Å²) in [5.41, 5.74) is 0.913. The van der Waals surface area contributed by atoms with E-state index < -0.39 is 6.10 Å². The van der Waals surface area contributed by atoms with E-state index in [1.807, 2.05) is 61.5 Å². The molecule has 0 radical (unpaired) electrons. The lowest BCUT2D eigenvalue weighted by molar-refractivity contribution is 0.108. The van der Waals surface area contributed by atoms with Gasteiger partial charge in [0.05, 0.1) is 0 Å². The Kier molecular flexibility index (Phi) is 7.03. The van der Waals surface area contributed by atoms with Gasteiger partial charge in [-0.3, -0.25) is 0 Å². The van der Waals surface area contributed by atoms with E-state index in [4.69, 9.17) is 4.74 Å². The number of nitrogens with zero attached hydrogens (tertiary/aromatic N) is 2. The number of para-hydroxylation sites is 1. The number of anilines is 1. The molecule has 0 aliphatic heterocycles. The topological polar surface area (TPSA) is 86.7 Å². The first-order chi connectivity index (χ1) is 12.1. The maximum absolute atomic E-state index is 11.9. The SMILES string of the molecule is CN(C)c1ncccc1CNC(=O)NCC(O)COc1ccccc1. The molecule has 2 amide bonds. The Bertz CT molecular complexity index is 664. The molecule has 1 heterocycles. The lowest BCUT2D eigenvalue weighted by Gasteiger charge is -2.17. The summed E-state index contributed by atoms with van der Waals surface area (Å²) in [7, 11) is 3.80. The molecule has 134 valence electrons. The van der Waals surface area contributed by atoms with Crippen molar-refractivity contribution < 1.29 is 14.6 Å². The summed E-state index contributed by atoms with van der Waals surface area (Å²) >= 11 is 0. The van der Waals surface area contributed by atoms with Crippen molar-refractivity contribution in [1.29, 1.82) is 0 Å². The highest BCUT2D eigenvalue weighted by molar-refractivity contribution is 5.74. The molecule has 0 spiro atoms. The lowest BCUT2D eigenvalue weighted by Crippen LogP contribution is -2.41. The zero-order chi connectivity index (χ0) is 18.1. The minimum absolute atomic E-state index is 0.103. The Morgan fingerprint density at radius 2 is 1.96 bits per heavy atom. The number of rotatable bonds is 8. The number of benzene rings is 1. The highest BCUT2D eigenvalue weighted by atomic mass is 16.5. The number of pyridine rings is 1. The summed E-state index contributed by atoms with van der Waals surface area (Å²) in [6.07, 6.45) is 0.920. The van der Waals surface area contributed by atoms with Gasteiger partial charge < -0.3 is 25.4 Å². The van der Waals surface area contributed by atoms with E-state index in [0.717, 1.165) is 11.4 Å². The minimum Gasteiger partial charge on any atom is -0.491 e. The highest BCUT2D eigenvalue weighted by Crippen LogP contribution is 2.13. The Hall–Kier alpha value is -2.80. The largest absolute Gasteiger partial charge is 0.491 e. The first-order valence-corrected chi connectivity index (χ1v) is 8.05. The van der Waals surface area contributed by atoms with Crippen LogP contribution in [0.5, 0.6) is 5.75 Å². The van der Waals surface area contributed by atoms with Crippen LogP contribution >= 0.6 is 0 Å². The average Bonchev–Trinajstić information content (AvgIpc) is 2.64. The van der Waals surface area contributed by atoms with Crippen LogP contribution in [0.2, 0.25) is 0 Å². The number of carbonyl (C=O) groups excluding carboxylic acids is 1. The molecule has 2 aromatic rings. The molecule has 0 saturated heterocycles. The molecule has 7 heteroatoms. The van der Waals surface area contributed by atoms with Crippen molar-refractivity contribution in [2.45, 2.75) is 12.6 Å². The van der Waals surface area contributed by atoms with Gasteiger partial charge in [-0.1, -0.05) is 24.3 Å². The van der Waals surface area contributed by atoms with Crippen molar-refractivity contribution in [1.82, 2.24) is 15.6 Å². The monoisotopic (exact) mass is 344 g/mol. The van der Waals surface area contributed by atoms with Crippen LogP contribution in [-0.2, 0) is 6.54 Å². The van der Waals surface area contributed by atoms with Gasteiger partial charge in [0.15, 0.2) is 0 Å². The Balaban J connectivity index is 1.70. The number of aliphatic hydroxyl groups is 1. The normalized spacial score (nSPS) is 11.5. The molecule has 0 aliphatic rings. The Labute approximate surface area is 147 Å². The van der Waals surface area contributed by atoms with Crippen LogP contribution in [0.4, 0.5) is 10.6 Å². The second-order valence-electron chi connectivity index (χ2n) is 5.72. The molecule has 0 aliphatic carbocycles. The number of ether oxygens (including phenoxy) is 1. The number of nitrogens with one attached hydrogen (secondary N) is 2. The molecule has 3 N–H and O–H groups in total. The zero-order valence-corrected chi connectivity index (χ0v) is 14.5. The van der Waals surface area contributed by atoms with Crippen molar-refractivity contribution >= 4 is 11.8 Å². The van der Waals surface area contributed by atoms with Crippen molar-refractivity contribution in [3.63, 3.8) is 0 Å². The van der Waals surface area contributed by atoms with Crippen LogP contribution in [0.25, 0.3) is 0 Å². The molecule has 0 fully saturated rings. The van der Waals surface area contributed by atoms with E-state index in [9.17, 15) is 9.90 Å². The van der Waals surface area contributed by atoms with Crippen molar-refractivity contribution in [3.05, 3.63) is 54.2 Å². The first-order valence-electron chi connectivity index (χ1n) is 8.05. The fraction of sp³-hybridized carbons (Fsp3) is 0.333. The quantitative estimate of drug-likeness (QED) is 0.674. The molecule has 7 nitrogen and oxygen atoms in total. The van der Waals surface area contributed by atoms with Gasteiger partial charge in [0.2, 0.25) is 0 Å². The van der Waals surface area contributed by atoms with Crippen LogP contribution in [0, 0.1) is 0 Å². The molecule has 2 rings (SSSR count). The van der Waals surface area contributed by atoms with Gasteiger partial charge in [0, 0.05) is 38.9 Å². The lowest BCUT2D eigenvalue weighted by atomic mass is 10.2. The summed E-state index contributed by atoms with van der Waals surface area (Å²) in [5, 5.41) is 15.3. The minimum atomic E-state index is -0.790. The third kappa shape index (κ3) is 6.31. The summed E-state index contributed by atoms with van der Waals surface area (Å²) in [4.78, 5) is 18.0. The molecular formula is C18H24N4O3. The standard InChI is InChI=1S/C18H24N4O3/c1-22(2)17-14(7-6-10-19-17)11-20-18(24)21-12-15(23)13-25-16-8-4-3-5-9-16/h3-10,15,23H,11-13H2,1-2H3,(H2,20,21,24). The average molecular weight is 344 g/mol. The predicted octanol–water partition coefficient (Wildman–Crippen LogP) is 1.39. The fourth-order valence-electron chi connectivity index (χ4n) is 2.19. The Morgan fingerprint density at radius 1 is 1.20 bits per heavy atom. The number of hydrogen-bond acceptors (Lipinski definition) is 5. The van der Waals surface area contributed by atoms with Gasteiger partial charge in [0.1, 0.15) is 24.3 Å². The van der Waals surface area contributed by atoms with E-state index in [2.05, 4.69) is 15.6 Å². The predicted molar refractivity (Wildman–Crippen MR) is 96.7 cm³/mol. The van der Waals surface area contributed by atoms with Gasteiger partial charge in [-0.05, 0) is 18.2 Å². The van der Waals surface area contributed by atoms with Gasteiger partial charge >= 0.3 is 6.03 Å². The number of amides is 2. The smallest absolute Gasteiger partial charge is 0.315 e. The number of urea groups is 1. The number of carbonyl (C=O) groups is 1. The summed E-state index contributed by atoms with van der Waals surface area (Å²) in [6.45, 7) is 0.563. The summed E-state index contributed by atoms with van der Waals surface area (Å²) in [5.74, 6) is 1.48. The maximum atomic E-state index is 11.9. The van der Waals surface area contributed by atoms with Crippen LogP contribution < -0.4 is 20.3 Å². The molecule has 25 heavy (non-hydrogen) atoms. The summed E-state index contributed by atoms with van der Waals surface area (Å²) in [6, 6.07) is 12.6. The van der Waals surface area contributed by atoms with E-state index in [0.29, 0.717) is 12.3 Å². The second kappa shape index (κ2) is 9.48. The Morgan fingerprint density at radius 3 is 2.68 bits per heavy atom. The van der Waals surface area contributed by atoms with Gasteiger partial charge in [-0.25, -0.2) is 9.78 Å². The molecule has 1 atom stereocenters. The van der Waals surface area contributed by atoms with Crippen LogP contribution in [0.1, 0.15) is 5.56 Å². The van der Waals surface area contributed by atoms with Crippen molar-refractivity contribution in [2.24, 2.45) is 0 Å². The van der Waals surface area contributed by atoms with E-state index in [-0.39, 0.29) is 19.2 Å². The second-order valence-corrected chi connectivity index (χ2v) is 5.72. The van der Waals surface area contributed by atoms with Crippen LogP contribution in [0.3, 0.4) is 0 Å². The molecule has 0 saturated carbocycles. The third-order valence-electron chi connectivity index (χ3n) is 3.41. The van der Waals surface area contributed by atoms with E-state index >= 15 is 0 Å². The van der Waals surface area contributed by atoms with Crippen LogP contribution in [-0.4, -0.2) is 49.5 Å². The molecule has 0 bridgehead atoms. The molecule has 1 aromatic heterocycles. The molecule has 1 unspecified atom stereocenters. The van der Waals surface area contributed by atoms with Crippen LogP contribution in [0.15, 0.2) is 48.7 Å². The van der Waals surface area contributed by atoms with Crippen molar-refractivity contribution in [2.75, 3.05) is 32.1 Å². The maximum Gasteiger partial charge on any atom is 0.315 e. The van der Waals surface area contributed by atoms with Gasteiger partial charge in [-0.15, -0.1) is 0 Å². The molecular weight excluding hydrogens is 320 g/mol. The van der Waals surface area contributed by atoms with E-state index in [1.54, 1.807) is 6.20 Å². The number of hydrogen-bond donors (Lipinski definition) is 3. The van der Waals surface area contributed by atoms with Gasteiger partial charge in [0.25, 0.3) is 0 Å². The van der Waals surface area contributed by atoms with E-state index in [1.165, 1.54) is 0 Å². The number of aliphatic hydroxyl groups excluding tert-OH is 1. The fourth-order valence-corrected chi connectivity index (χ4v) is 2.19. The number of aromatic nitrogens is 1. The van der Waals surface area contributed by atoms with Crippen molar-refractivity contribution in [3.8, 4) is 5.75 Å². The summed E-state index contributed by atoms with van der Waals surface area (Å²) < 4.78 is 5.44. The van der Waals surface area contributed by atoms with Gasteiger partial charge in [-0.2, -0.15) is 0 Å². The third-order valence-corrected chi connectivity index (χ3v) is 3.41. The highest BCUT2D eigenvalue weighted by Gasteiger charge is 2.10. The first kappa shape index (κ1) is 18.5. The zero-order valence-electron chi connectivity index (χ0n) is 14.5. The molecule has 1 aromatic carbocycles.